The highest BCUT2D eigenvalue weighted by atomic mass is 16.1. The van der Waals surface area contributed by atoms with Gasteiger partial charge in [0.05, 0.1) is 18.0 Å². The van der Waals surface area contributed by atoms with Crippen LogP contribution in [-0.4, -0.2) is 21.5 Å². The first-order chi connectivity index (χ1) is 9.19. The predicted molar refractivity (Wildman–Crippen MR) is 70.3 cm³/mol. The van der Waals surface area contributed by atoms with Crippen molar-refractivity contribution >= 4 is 5.91 Å². The summed E-state index contributed by atoms with van der Waals surface area (Å²) in [6.45, 7) is 2.60. The van der Waals surface area contributed by atoms with Gasteiger partial charge in [-0.25, -0.2) is 4.98 Å². The summed E-state index contributed by atoms with van der Waals surface area (Å²) < 4.78 is 1.91. The van der Waals surface area contributed by atoms with E-state index in [4.69, 9.17) is 5.26 Å². The Labute approximate surface area is 111 Å². The van der Waals surface area contributed by atoms with E-state index >= 15 is 0 Å². The maximum Gasteiger partial charge on any atom is 0.251 e. The molecule has 0 aliphatic rings. The van der Waals surface area contributed by atoms with Gasteiger partial charge in [0.2, 0.25) is 0 Å². The molecule has 1 atom stereocenters. The molecule has 0 fully saturated rings. The number of aromatic nitrogens is 2. The summed E-state index contributed by atoms with van der Waals surface area (Å²) in [7, 11) is 0. The zero-order valence-electron chi connectivity index (χ0n) is 10.6. The Balaban J connectivity index is 1.94. The largest absolute Gasteiger partial charge is 0.348 e. The van der Waals surface area contributed by atoms with Gasteiger partial charge in [-0.2, -0.15) is 5.26 Å². The molecule has 2 rings (SSSR count). The van der Waals surface area contributed by atoms with E-state index < -0.39 is 0 Å². The van der Waals surface area contributed by atoms with E-state index in [9.17, 15) is 4.79 Å². The molecule has 0 aliphatic heterocycles. The molecule has 1 heterocycles. The molecule has 0 saturated heterocycles. The summed E-state index contributed by atoms with van der Waals surface area (Å²) in [5.41, 5.74) is 1.10. The molecular formula is C14H14N4O. The lowest BCUT2D eigenvalue weighted by atomic mass is 10.1. The summed E-state index contributed by atoms with van der Waals surface area (Å²) in [5.74, 6) is -0.142. The molecule has 1 aromatic heterocycles. The van der Waals surface area contributed by atoms with Crippen molar-refractivity contribution in [2.45, 2.75) is 19.5 Å². The van der Waals surface area contributed by atoms with Crippen molar-refractivity contribution in [3.8, 4) is 6.07 Å². The van der Waals surface area contributed by atoms with Gasteiger partial charge in [0.1, 0.15) is 0 Å². The van der Waals surface area contributed by atoms with Crippen LogP contribution >= 0.6 is 0 Å². The van der Waals surface area contributed by atoms with Gasteiger partial charge in [0.25, 0.3) is 5.91 Å². The lowest BCUT2D eigenvalue weighted by Crippen LogP contribution is -2.35. The minimum Gasteiger partial charge on any atom is -0.348 e. The lowest BCUT2D eigenvalue weighted by molar-refractivity contribution is 0.0936. The molecule has 1 aromatic carbocycles. The number of nitrogens with zero attached hydrogens (tertiary/aromatic N) is 3. The number of hydrogen-bond acceptors (Lipinski definition) is 3. The van der Waals surface area contributed by atoms with Gasteiger partial charge in [-0.15, -0.1) is 0 Å². The Kier molecular flexibility index (Phi) is 3.94. The highest BCUT2D eigenvalue weighted by molar-refractivity contribution is 5.94. The highest BCUT2D eigenvalue weighted by Crippen LogP contribution is 2.04. The van der Waals surface area contributed by atoms with E-state index in [1.165, 1.54) is 0 Å². The molecule has 1 N–H and O–H groups in total. The summed E-state index contributed by atoms with van der Waals surface area (Å²) in [6.07, 6.45) is 5.27. The predicted octanol–water partition coefficient (Wildman–Crippen LogP) is 1.57. The Morgan fingerprint density at radius 3 is 2.79 bits per heavy atom. The molecule has 19 heavy (non-hydrogen) atoms. The molecular weight excluding hydrogens is 240 g/mol. The molecule has 1 amide bonds. The van der Waals surface area contributed by atoms with Crippen LogP contribution in [-0.2, 0) is 6.54 Å². The SMILES string of the molecule is CC(Cn1ccnc1)NC(=O)c1ccc(C#N)cc1. The fraction of sp³-hybridized carbons (Fsp3) is 0.214. The van der Waals surface area contributed by atoms with Crippen LogP contribution in [0.2, 0.25) is 0 Å². The van der Waals surface area contributed by atoms with Gasteiger partial charge in [-0.1, -0.05) is 0 Å². The first-order valence-electron chi connectivity index (χ1n) is 5.96. The number of nitriles is 1. The number of amides is 1. The van der Waals surface area contributed by atoms with E-state index in [1.807, 2.05) is 23.8 Å². The summed E-state index contributed by atoms with van der Waals surface area (Å²) in [4.78, 5) is 15.9. The minimum atomic E-state index is -0.142. The maximum atomic E-state index is 12.0. The first kappa shape index (κ1) is 12.8. The quantitative estimate of drug-likeness (QED) is 0.900. The van der Waals surface area contributed by atoms with Crippen molar-refractivity contribution in [1.82, 2.24) is 14.9 Å². The Hall–Kier alpha value is -2.61. The number of carbonyl (C=O) groups excluding carboxylic acids is 1. The van der Waals surface area contributed by atoms with Gasteiger partial charge in [-0.3, -0.25) is 4.79 Å². The van der Waals surface area contributed by atoms with Crippen molar-refractivity contribution < 1.29 is 4.79 Å². The van der Waals surface area contributed by atoms with Gasteiger partial charge < -0.3 is 9.88 Å². The van der Waals surface area contributed by atoms with E-state index in [2.05, 4.69) is 10.3 Å². The minimum absolute atomic E-state index is 0.00246. The average Bonchev–Trinajstić information content (AvgIpc) is 2.91. The smallest absolute Gasteiger partial charge is 0.251 e. The van der Waals surface area contributed by atoms with Gasteiger partial charge in [0, 0.05) is 30.5 Å². The maximum absolute atomic E-state index is 12.0. The number of rotatable bonds is 4. The fourth-order valence-electron chi connectivity index (χ4n) is 1.76. The monoisotopic (exact) mass is 254 g/mol. The highest BCUT2D eigenvalue weighted by Gasteiger charge is 2.09. The second-order valence-electron chi connectivity index (χ2n) is 4.32. The van der Waals surface area contributed by atoms with E-state index in [0.29, 0.717) is 17.7 Å². The Morgan fingerprint density at radius 1 is 1.47 bits per heavy atom. The summed E-state index contributed by atoms with van der Waals surface area (Å²) in [5, 5.41) is 11.6. The first-order valence-corrected chi connectivity index (χ1v) is 5.96. The number of carbonyl (C=O) groups is 1. The van der Waals surface area contributed by atoms with Crippen molar-refractivity contribution in [2.75, 3.05) is 0 Å². The number of hydrogen-bond donors (Lipinski definition) is 1. The molecule has 5 heteroatoms. The molecule has 1 unspecified atom stereocenters. The molecule has 2 aromatic rings. The van der Waals surface area contributed by atoms with Crippen molar-refractivity contribution in [1.29, 1.82) is 5.26 Å². The number of benzene rings is 1. The van der Waals surface area contributed by atoms with Crippen LogP contribution in [0.5, 0.6) is 0 Å². The Bertz CT molecular complexity index is 581. The summed E-state index contributed by atoms with van der Waals surface area (Å²) >= 11 is 0. The van der Waals surface area contributed by atoms with E-state index in [1.54, 1.807) is 36.8 Å². The molecule has 0 radical (unpaired) electrons. The van der Waals surface area contributed by atoms with Crippen LogP contribution < -0.4 is 5.32 Å². The molecule has 96 valence electrons. The number of imidazole rings is 1. The molecule has 0 aliphatic carbocycles. The average molecular weight is 254 g/mol. The standard InChI is InChI=1S/C14H14N4O/c1-11(9-18-7-6-16-10-18)17-14(19)13-4-2-12(8-15)3-5-13/h2-7,10-11H,9H2,1H3,(H,17,19). The molecule has 0 bridgehead atoms. The number of nitrogens with one attached hydrogen (secondary N) is 1. The third-order valence-electron chi connectivity index (χ3n) is 2.70. The van der Waals surface area contributed by atoms with Gasteiger partial charge in [0.15, 0.2) is 0 Å². The zero-order valence-corrected chi connectivity index (χ0v) is 10.6. The molecule has 0 spiro atoms. The zero-order chi connectivity index (χ0) is 13.7. The molecule has 0 saturated carbocycles. The van der Waals surface area contributed by atoms with E-state index in [-0.39, 0.29) is 11.9 Å². The third kappa shape index (κ3) is 3.42. The van der Waals surface area contributed by atoms with Crippen LogP contribution in [0.4, 0.5) is 0 Å². The normalized spacial score (nSPS) is 11.6. The topological polar surface area (TPSA) is 70.7 Å². The third-order valence-corrected chi connectivity index (χ3v) is 2.70. The van der Waals surface area contributed by atoms with Crippen LogP contribution in [0.1, 0.15) is 22.8 Å². The second-order valence-corrected chi connectivity index (χ2v) is 4.32. The van der Waals surface area contributed by atoms with Crippen molar-refractivity contribution in [3.05, 3.63) is 54.1 Å². The summed E-state index contributed by atoms with van der Waals surface area (Å²) in [6, 6.07) is 8.59. The lowest BCUT2D eigenvalue weighted by Gasteiger charge is -2.14. The Morgan fingerprint density at radius 2 is 2.21 bits per heavy atom. The van der Waals surface area contributed by atoms with Crippen LogP contribution in [0.15, 0.2) is 43.0 Å². The van der Waals surface area contributed by atoms with Crippen LogP contribution in [0.25, 0.3) is 0 Å². The second kappa shape index (κ2) is 5.83. The van der Waals surface area contributed by atoms with Gasteiger partial charge in [-0.05, 0) is 31.2 Å². The van der Waals surface area contributed by atoms with Gasteiger partial charge >= 0.3 is 0 Å². The van der Waals surface area contributed by atoms with Crippen molar-refractivity contribution in [3.63, 3.8) is 0 Å². The van der Waals surface area contributed by atoms with Crippen LogP contribution in [0, 0.1) is 11.3 Å². The van der Waals surface area contributed by atoms with Crippen molar-refractivity contribution in [2.24, 2.45) is 0 Å². The van der Waals surface area contributed by atoms with Crippen LogP contribution in [0.3, 0.4) is 0 Å². The van der Waals surface area contributed by atoms with E-state index in [0.717, 1.165) is 0 Å². The molecule has 5 nitrogen and oxygen atoms in total. The fourth-order valence-corrected chi connectivity index (χ4v) is 1.76.